The predicted octanol–water partition coefficient (Wildman–Crippen LogP) is 4.26. The number of unbranched alkanes of at least 4 members (excludes halogenated alkanes) is 11. The molecule has 0 saturated carbocycles. The van der Waals surface area contributed by atoms with E-state index >= 15 is 0 Å². The van der Waals surface area contributed by atoms with Crippen LogP contribution in [0, 0.1) is 5.92 Å². The van der Waals surface area contributed by atoms with Crippen molar-refractivity contribution in [3.63, 3.8) is 0 Å². The molecule has 2 atom stereocenters. The quantitative estimate of drug-likeness (QED) is 0.0676. The summed E-state index contributed by atoms with van der Waals surface area (Å²) in [6, 6.07) is -2.72. The number of Topliss-reactive ketones (excluding diaryl/α,β-unsaturated/α-hetero) is 2. The number of amides is 2. The van der Waals surface area contributed by atoms with Gasteiger partial charge in [-0.2, -0.15) is 13.2 Å². The van der Waals surface area contributed by atoms with Crippen molar-refractivity contribution in [2.45, 2.75) is 135 Å². The third kappa shape index (κ3) is 23.8. The number of halogens is 3. The first-order valence-electron chi connectivity index (χ1n) is 15.7. The van der Waals surface area contributed by atoms with E-state index < -0.39 is 48.4 Å². The summed E-state index contributed by atoms with van der Waals surface area (Å²) in [5.74, 6) is -4.73. The molecule has 8 N–H and O–H groups in total. The van der Waals surface area contributed by atoms with Crippen molar-refractivity contribution in [2.75, 3.05) is 19.6 Å². The van der Waals surface area contributed by atoms with Crippen LogP contribution in [0.2, 0.25) is 0 Å². The first kappa shape index (κ1) is 43.5. The molecule has 0 aromatic rings. The summed E-state index contributed by atoms with van der Waals surface area (Å²) in [7, 11) is 0. The second-order valence-corrected chi connectivity index (χ2v) is 11.3. The number of hydrogen-bond donors (Lipinski definition) is 4. The molecular weight excluding hydrogens is 583 g/mol. The molecule has 0 spiro atoms. The second kappa shape index (κ2) is 25.7. The fourth-order valence-corrected chi connectivity index (χ4v) is 4.72. The molecule has 0 aromatic carbocycles. The van der Waals surface area contributed by atoms with Crippen LogP contribution in [0.5, 0.6) is 0 Å². The van der Waals surface area contributed by atoms with Gasteiger partial charge in [0.1, 0.15) is 5.78 Å². The largest absolute Gasteiger partial charge is 0.491 e. The molecule has 258 valence electrons. The molecule has 14 heteroatoms. The summed E-state index contributed by atoms with van der Waals surface area (Å²) < 4.78 is 40.7. The fraction of sp³-hybridized carbons (Fsp3) is 0.833. The maximum Gasteiger partial charge on any atom is 0.491 e. The molecule has 0 rings (SSSR count). The van der Waals surface area contributed by atoms with E-state index in [1.165, 1.54) is 51.4 Å². The van der Waals surface area contributed by atoms with E-state index in [2.05, 4.69) is 23.1 Å². The van der Waals surface area contributed by atoms with Crippen molar-refractivity contribution >= 4 is 29.5 Å². The Bertz CT molecular complexity index is 838. The van der Waals surface area contributed by atoms with Crippen LogP contribution >= 0.6 is 0 Å². The van der Waals surface area contributed by atoms with Crippen LogP contribution in [0.1, 0.15) is 117 Å². The van der Waals surface area contributed by atoms with Gasteiger partial charge in [-0.05, 0) is 31.8 Å². The van der Waals surface area contributed by atoms with Gasteiger partial charge < -0.3 is 27.7 Å². The third-order valence-electron chi connectivity index (χ3n) is 6.88. The zero-order valence-corrected chi connectivity index (χ0v) is 26.8. The summed E-state index contributed by atoms with van der Waals surface area (Å²) in [6.45, 7) is 6.62. The summed E-state index contributed by atoms with van der Waals surface area (Å²) in [5, 5.41) is 0. The van der Waals surface area contributed by atoms with Crippen molar-refractivity contribution in [1.29, 1.82) is 0 Å². The number of alkyl halides is 3. The van der Waals surface area contributed by atoms with Crippen LogP contribution < -0.4 is 22.9 Å². The highest BCUT2D eigenvalue weighted by molar-refractivity contribution is 5.91. The number of ether oxygens (including phenoxy) is 1. The highest BCUT2D eigenvalue weighted by atomic mass is 19.4. The number of carbonyl (C=O) groups excluding carboxylic acids is 5. The number of carbonyl (C=O) groups is 5. The Kier molecular flexibility index (Phi) is 25.5. The Balaban J connectivity index is 0. The zero-order valence-electron chi connectivity index (χ0n) is 26.8. The Labute approximate surface area is 260 Å². The van der Waals surface area contributed by atoms with E-state index in [-0.39, 0.29) is 37.6 Å². The van der Waals surface area contributed by atoms with Crippen molar-refractivity contribution in [1.82, 2.24) is 4.90 Å². The van der Waals surface area contributed by atoms with Gasteiger partial charge in [0, 0.05) is 12.8 Å². The molecule has 0 aliphatic rings. The topological polar surface area (TPSA) is 202 Å². The van der Waals surface area contributed by atoms with Crippen LogP contribution in [0.25, 0.3) is 0 Å². The average molecular weight is 640 g/mol. The number of urea groups is 1. The standard InChI is InChI=1S/C29H52F3N3O5.CH4N2O/c1-4-5-6-7-8-9-10-11-12-13-14-15-20-35(21-23(36)18-19-33)26(22(2)3)27(38)24(34)16-17-25(37)40-28(39)29(30,31)32;2-1(3)4/h22,24,26H,4-21,33-34H2,1-3H3;(H4,2,3,4). The van der Waals surface area contributed by atoms with E-state index in [1.54, 1.807) is 0 Å². The van der Waals surface area contributed by atoms with Gasteiger partial charge >= 0.3 is 24.1 Å². The minimum Gasteiger partial charge on any atom is -0.386 e. The summed E-state index contributed by atoms with van der Waals surface area (Å²) in [5.41, 5.74) is 20.1. The van der Waals surface area contributed by atoms with E-state index in [1.807, 2.05) is 18.7 Å². The lowest BCUT2D eigenvalue weighted by atomic mass is 9.91. The first-order chi connectivity index (χ1) is 20.6. The normalized spacial score (nSPS) is 12.8. The summed E-state index contributed by atoms with van der Waals surface area (Å²) >= 11 is 0. The molecule has 0 saturated heterocycles. The Morgan fingerprint density at radius 1 is 0.795 bits per heavy atom. The van der Waals surface area contributed by atoms with Gasteiger partial charge in [0.25, 0.3) is 0 Å². The van der Waals surface area contributed by atoms with Crippen molar-refractivity contribution < 1.29 is 41.9 Å². The van der Waals surface area contributed by atoms with Crippen LogP contribution in [-0.2, 0) is 23.9 Å². The molecule has 2 unspecified atom stereocenters. The predicted molar refractivity (Wildman–Crippen MR) is 163 cm³/mol. The van der Waals surface area contributed by atoms with Gasteiger partial charge in [-0.3, -0.25) is 19.3 Å². The Morgan fingerprint density at radius 2 is 1.25 bits per heavy atom. The summed E-state index contributed by atoms with van der Waals surface area (Å²) in [4.78, 5) is 59.0. The molecule has 0 aliphatic heterocycles. The number of rotatable bonds is 24. The number of hydrogen-bond acceptors (Lipinski definition) is 9. The molecular formula is C30H56F3N5O6. The minimum atomic E-state index is -5.29. The monoisotopic (exact) mass is 639 g/mol. The number of esters is 2. The first-order valence-corrected chi connectivity index (χ1v) is 15.7. The van der Waals surface area contributed by atoms with Crippen molar-refractivity contribution in [2.24, 2.45) is 28.9 Å². The average Bonchev–Trinajstić information content (AvgIpc) is 2.91. The zero-order chi connectivity index (χ0) is 34.1. The van der Waals surface area contributed by atoms with Crippen molar-refractivity contribution in [3.05, 3.63) is 0 Å². The van der Waals surface area contributed by atoms with Gasteiger partial charge in [0.05, 0.1) is 18.6 Å². The smallest absolute Gasteiger partial charge is 0.386 e. The van der Waals surface area contributed by atoms with Gasteiger partial charge in [0.2, 0.25) is 0 Å². The molecule has 0 heterocycles. The molecule has 44 heavy (non-hydrogen) atoms. The van der Waals surface area contributed by atoms with Crippen LogP contribution in [0.3, 0.4) is 0 Å². The van der Waals surface area contributed by atoms with Crippen LogP contribution in [0.15, 0.2) is 0 Å². The van der Waals surface area contributed by atoms with Gasteiger partial charge in [-0.15, -0.1) is 0 Å². The fourth-order valence-electron chi connectivity index (χ4n) is 4.72. The maximum atomic E-state index is 13.3. The third-order valence-corrected chi connectivity index (χ3v) is 6.88. The van der Waals surface area contributed by atoms with Gasteiger partial charge in [0.15, 0.2) is 5.78 Å². The van der Waals surface area contributed by atoms with Crippen LogP contribution in [0.4, 0.5) is 18.0 Å². The Hall–Kier alpha value is -2.58. The molecule has 0 fully saturated rings. The maximum absolute atomic E-state index is 13.3. The SMILES string of the molecule is CCCCCCCCCCCCCCN(CC(=O)CCN)C(C(=O)C(N)CCC(=O)OC(=O)C(F)(F)F)C(C)C.NC(N)=O. The van der Waals surface area contributed by atoms with Gasteiger partial charge in [-0.25, -0.2) is 9.59 Å². The number of ketones is 2. The van der Waals surface area contributed by atoms with E-state index in [0.29, 0.717) is 6.54 Å². The molecule has 2 amide bonds. The molecule has 0 radical (unpaired) electrons. The molecule has 11 nitrogen and oxygen atoms in total. The summed E-state index contributed by atoms with van der Waals surface area (Å²) in [6.07, 6.45) is 8.17. The lowest BCUT2D eigenvalue weighted by Gasteiger charge is -2.34. The highest BCUT2D eigenvalue weighted by Crippen LogP contribution is 2.19. The lowest BCUT2D eigenvalue weighted by molar-refractivity contribution is -0.201. The minimum absolute atomic E-state index is 0.0403. The lowest BCUT2D eigenvalue weighted by Crippen LogP contribution is -2.53. The van der Waals surface area contributed by atoms with Crippen LogP contribution in [-0.4, -0.2) is 72.3 Å². The van der Waals surface area contributed by atoms with E-state index in [0.717, 1.165) is 25.7 Å². The Morgan fingerprint density at radius 3 is 1.66 bits per heavy atom. The number of nitrogens with two attached hydrogens (primary N) is 4. The number of nitrogens with zero attached hydrogens (tertiary/aromatic N) is 1. The number of primary amides is 2. The van der Waals surface area contributed by atoms with Gasteiger partial charge in [-0.1, -0.05) is 91.4 Å². The molecule has 0 bridgehead atoms. The van der Waals surface area contributed by atoms with E-state index in [9.17, 15) is 32.3 Å². The van der Waals surface area contributed by atoms with E-state index in [4.69, 9.17) is 16.3 Å². The second-order valence-electron chi connectivity index (χ2n) is 11.3. The molecule has 0 aromatic heterocycles. The molecule has 0 aliphatic carbocycles. The highest BCUT2D eigenvalue weighted by Gasteiger charge is 2.42. The van der Waals surface area contributed by atoms with Crippen molar-refractivity contribution in [3.8, 4) is 0 Å².